The summed E-state index contributed by atoms with van der Waals surface area (Å²) in [6, 6.07) is 5.81. The predicted octanol–water partition coefficient (Wildman–Crippen LogP) is 4.42. The number of aryl methyl sites for hydroxylation is 1. The molecule has 0 saturated carbocycles. The van der Waals surface area contributed by atoms with Crippen LogP contribution in [-0.4, -0.2) is 11.6 Å². The molecule has 0 unspecified atom stereocenters. The van der Waals surface area contributed by atoms with E-state index in [1.54, 1.807) is 11.3 Å². The lowest BCUT2D eigenvalue weighted by Crippen LogP contribution is -2.06. The van der Waals surface area contributed by atoms with Crippen molar-refractivity contribution >= 4 is 11.3 Å². The smallest absolute Gasteiger partial charge is 0.124 e. The highest BCUT2D eigenvalue weighted by atomic mass is 32.1. The van der Waals surface area contributed by atoms with Crippen LogP contribution < -0.4 is 4.74 Å². The highest BCUT2D eigenvalue weighted by molar-refractivity contribution is 7.13. The number of ether oxygens (including phenoxy) is 1. The van der Waals surface area contributed by atoms with E-state index in [0.717, 1.165) is 27.6 Å². The average Bonchev–Trinajstić information content (AvgIpc) is 2.84. The molecular formula is C15H18N2O2S. The van der Waals surface area contributed by atoms with E-state index in [2.05, 4.69) is 24.0 Å². The van der Waals surface area contributed by atoms with Crippen LogP contribution in [0.15, 0.2) is 28.8 Å². The van der Waals surface area contributed by atoms with Crippen molar-refractivity contribution in [2.24, 2.45) is 11.1 Å². The second-order valence-electron chi connectivity index (χ2n) is 5.11. The maximum atomic E-state index is 10.6. The molecule has 1 heterocycles. The third kappa shape index (κ3) is 3.63. The Balaban J connectivity index is 2.29. The van der Waals surface area contributed by atoms with Crippen LogP contribution in [0, 0.1) is 17.7 Å². The van der Waals surface area contributed by atoms with Crippen LogP contribution in [0.3, 0.4) is 0 Å². The molecule has 0 bridgehead atoms. The van der Waals surface area contributed by atoms with Gasteiger partial charge in [0.15, 0.2) is 0 Å². The summed E-state index contributed by atoms with van der Waals surface area (Å²) in [5.74, 6) is 1.17. The third-order valence-electron chi connectivity index (χ3n) is 2.73. The summed E-state index contributed by atoms with van der Waals surface area (Å²) in [5, 5.41) is 5.95. The van der Waals surface area contributed by atoms with Gasteiger partial charge < -0.3 is 4.74 Å². The molecule has 0 radical (unpaired) electrons. The topological polar surface area (TPSA) is 51.5 Å². The van der Waals surface area contributed by atoms with E-state index in [1.165, 1.54) is 0 Å². The molecule has 5 heteroatoms. The fraction of sp³-hybridized carbons (Fsp3) is 0.400. The van der Waals surface area contributed by atoms with Crippen LogP contribution in [0.2, 0.25) is 0 Å². The van der Waals surface area contributed by atoms with Crippen molar-refractivity contribution in [3.8, 4) is 16.3 Å². The number of aromatic nitrogens is 1. The van der Waals surface area contributed by atoms with Gasteiger partial charge in [0.1, 0.15) is 17.3 Å². The van der Waals surface area contributed by atoms with Crippen molar-refractivity contribution in [1.29, 1.82) is 0 Å². The zero-order chi connectivity index (χ0) is 14.5. The monoisotopic (exact) mass is 290 g/mol. The molecule has 0 atom stereocenters. The minimum atomic E-state index is 0.117. The van der Waals surface area contributed by atoms with Crippen LogP contribution in [0.5, 0.6) is 5.75 Å². The van der Waals surface area contributed by atoms with Crippen LogP contribution >= 0.6 is 11.3 Å². The first-order valence-corrected chi connectivity index (χ1v) is 7.45. The second kappa shape index (κ2) is 6.61. The molecule has 0 amide bonds. The number of rotatable bonds is 6. The zero-order valence-corrected chi connectivity index (χ0v) is 12.7. The SMILES string of the molecule is Cc1csc(-c2ccc(OCC(C)C)c(CN=O)c2)n1. The molecule has 1 aromatic heterocycles. The fourth-order valence-electron chi connectivity index (χ4n) is 1.79. The molecule has 1 aromatic carbocycles. The van der Waals surface area contributed by atoms with Crippen LogP contribution in [0.25, 0.3) is 10.6 Å². The molecule has 0 saturated heterocycles. The van der Waals surface area contributed by atoms with Gasteiger partial charge in [0.25, 0.3) is 0 Å². The van der Waals surface area contributed by atoms with Crippen LogP contribution in [-0.2, 0) is 6.54 Å². The van der Waals surface area contributed by atoms with E-state index < -0.39 is 0 Å². The first-order valence-electron chi connectivity index (χ1n) is 6.57. The summed E-state index contributed by atoms with van der Waals surface area (Å²) in [5.41, 5.74) is 2.81. The summed E-state index contributed by atoms with van der Waals surface area (Å²) < 4.78 is 5.73. The first-order chi connectivity index (χ1) is 9.60. The summed E-state index contributed by atoms with van der Waals surface area (Å²) in [4.78, 5) is 15.1. The molecule has 0 aliphatic rings. The van der Waals surface area contributed by atoms with Gasteiger partial charge in [-0.05, 0) is 31.0 Å². The van der Waals surface area contributed by atoms with Crippen LogP contribution in [0.4, 0.5) is 0 Å². The highest BCUT2D eigenvalue weighted by Gasteiger charge is 2.10. The predicted molar refractivity (Wildman–Crippen MR) is 82.1 cm³/mol. The first kappa shape index (κ1) is 14.7. The largest absolute Gasteiger partial charge is 0.493 e. The Morgan fingerprint density at radius 1 is 1.40 bits per heavy atom. The van der Waals surface area contributed by atoms with Gasteiger partial charge in [-0.25, -0.2) is 4.98 Å². The van der Waals surface area contributed by atoms with E-state index >= 15 is 0 Å². The fourth-order valence-corrected chi connectivity index (χ4v) is 2.58. The van der Waals surface area contributed by atoms with Crippen molar-refractivity contribution in [3.63, 3.8) is 0 Å². The molecule has 2 rings (SSSR count). The number of thiazole rings is 1. The highest BCUT2D eigenvalue weighted by Crippen LogP contribution is 2.29. The Morgan fingerprint density at radius 3 is 2.80 bits per heavy atom. The maximum Gasteiger partial charge on any atom is 0.124 e. The lowest BCUT2D eigenvalue weighted by Gasteiger charge is -2.12. The number of hydrogen-bond donors (Lipinski definition) is 0. The lowest BCUT2D eigenvalue weighted by molar-refractivity contribution is 0.268. The number of hydrogen-bond acceptors (Lipinski definition) is 5. The van der Waals surface area contributed by atoms with Crippen molar-refractivity contribution in [2.75, 3.05) is 6.61 Å². The number of nitroso groups, excluding NO2 is 1. The van der Waals surface area contributed by atoms with Crippen molar-refractivity contribution in [3.05, 3.63) is 39.7 Å². The molecule has 2 aromatic rings. The standard InChI is InChI=1S/C15H18N2O2S/c1-10(2)8-19-14-5-4-12(6-13(14)7-16-18)15-17-11(3)9-20-15/h4-6,9-10H,7-8H2,1-3H3. The molecule has 4 nitrogen and oxygen atoms in total. The van der Waals surface area contributed by atoms with E-state index in [1.807, 2.05) is 30.5 Å². The molecule has 20 heavy (non-hydrogen) atoms. The third-order valence-corrected chi connectivity index (χ3v) is 3.74. The Hall–Kier alpha value is -1.75. The van der Waals surface area contributed by atoms with E-state index in [-0.39, 0.29) is 6.54 Å². The Kier molecular flexibility index (Phi) is 4.84. The molecule has 0 spiro atoms. The van der Waals surface area contributed by atoms with Crippen molar-refractivity contribution < 1.29 is 4.74 Å². The molecule has 0 fully saturated rings. The molecular weight excluding hydrogens is 272 g/mol. The summed E-state index contributed by atoms with van der Waals surface area (Å²) in [7, 11) is 0. The second-order valence-corrected chi connectivity index (χ2v) is 5.97. The Bertz CT molecular complexity index is 593. The Labute approximate surface area is 122 Å². The quantitative estimate of drug-likeness (QED) is 0.740. The average molecular weight is 290 g/mol. The summed E-state index contributed by atoms with van der Waals surface area (Å²) >= 11 is 1.59. The molecule has 0 aliphatic carbocycles. The minimum absolute atomic E-state index is 0.117. The van der Waals surface area contributed by atoms with Gasteiger partial charge in [-0.15, -0.1) is 11.3 Å². The lowest BCUT2D eigenvalue weighted by atomic mass is 10.1. The van der Waals surface area contributed by atoms with Crippen molar-refractivity contribution in [2.45, 2.75) is 27.3 Å². The van der Waals surface area contributed by atoms with Gasteiger partial charge in [-0.3, -0.25) is 0 Å². The van der Waals surface area contributed by atoms with E-state index in [4.69, 9.17) is 4.74 Å². The van der Waals surface area contributed by atoms with E-state index in [9.17, 15) is 4.91 Å². The molecule has 106 valence electrons. The zero-order valence-electron chi connectivity index (χ0n) is 11.9. The van der Waals surface area contributed by atoms with Gasteiger partial charge in [-0.1, -0.05) is 19.0 Å². The summed E-state index contributed by atoms with van der Waals surface area (Å²) in [6.45, 7) is 6.88. The molecule has 0 N–H and O–H groups in total. The van der Waals surface area contributed by atoms with Gasteiger partial charge >= 0.3 is 0 Å². The van der Waals surface area contributed by atoms with Gasteiger partial charge in [0, 0.05) is 22.2 Å². The van der Waals surface area contributed by atoms with Crippen LogP contribution in [0.1, 0.15) is 25.1 Å². The van der Waals surface area contributed by atoms with E-state index in [0.29, 0.717) is 12.5 Å². The van der Waals surface area contributed by atoms with Crippen molar-refractivity contribution in [1.82, 2.24) is 4.98 Å². The Morgan fingerprint density at radius 2 is 2.20 bits per heavy atom. The summed E-state index contributed by atoms with van der Waals surface area (Å²) in [6.07, 6.45) is 0. The minimum Gasteiger partial charge on any atom is -0.493 e. The van der Waals surface area contributed by atoms with Gasteiger partial charge in [-0.2, -0.15) is 4.91 Å². The number of benzene rings is 1. The molecule has 0 aliphatic heterocycles. The normalized spacial score (nSPS) is 10.8. The maximum absolute atomic E-state index is 10.6. The van der Waals surface area contributed by atoms with Gasteiger partial charge in [0.2, 0.25) is 0 Å². The van der Waals surface area contributed by atoms with Gasteiger partial charge in [0.05, 0.1) is 6.61 Å². The number of nitrogens with zero attached hydrogens (tertiary/aromatic N) is 2.